The SMILES string of the molecule is Cn1cccc1C(=O)[C@@H](c1ccccc1)N1CCCC1. The Morgan fingerprint density at radius 3 is 2.35 bits per heavy atom. The van der Waals surface area contributed by atoms with Gasteiger partial charge in [-0.25, -0.2) is 0 Å². The Kier molecular flexibility index (Phi) is 3.70. The molecule has 2 aromatic rings. The summed E-state index contributed by atoms with van der Waals surface area (Å²) in [7, 11) is 1.93. The minimum absolute atomic E-state index is 0.146. The molecular formula is C17H20N2O. The first-order valence-electron chi connectivity index (χ1n) is 7.22. The third kappa shape index (κ3) is 2.41. The summed E-state index contributed by atoms with van der Waals surface area (Å²) in [5, 5.41) is 0. The average molecular weight is 268 g/mol. The number of aromatic nitrogens is 1. The molecule has 1 aliphatic rings. The standard InChI is InChI=1S/C17H20N2O/c1-18-11-7-10-15(18)17(20)16(19-12-5-6-13-19)14-8-3-2-4-9-14/h2-4,7-11,16H,5-6,12-13H2,1H3/t16-/m1/s1. The molecule has 1 aromatic heterocycles. The van der Waals surface area contributed by atoms with Crippen LogP contribution >= 0.6 is 0 Å². The Hall–Kier alpha value is -1.87. The summed E-state index contributed by atoms with van der Waals surface area (Å²) in [5.74, 6) is 0.200. The lowest BCUT2D eigenvalue weighted by molar-refractivity contribution is 0.0840. The van der Waals surface area contributed by atoms with Gasteiger partial charge in [0.25, 0.3) is 0 Å². The lowest BCUT2D eigenvalue weighted by atomic mass is 9.99. The molecule has 1 saturated heterocycles. The van der Waals surface area contributed by atoms with E-state index in [1.807, 2.05) is 48.1 Å². The highest BCUT2D eigenvalue weighted by atomic mass is 16.1. The molecule has 0 aliphatic carbocycles. The number of likely N-dealkylation sites (tertiary alicyclic amines) is 1. The molecule has 2 heterocycles. The van der Waals surface area contributed by atoms with Crippen LogP contribution in [0.15, 0.2) is 48.7 Å². The maximum absolute atomic E-state index is 13.0. The van der Waals surface area contributed by atoms with Gasteiger partial charge in [0.15, 0.2) is 0 Å². The summed E-state index contributed by atoms with van der Waals surface area (Å²) in [6.07, 6.45) is 4.30. The summed E-state index contributed by atoms with van der Waals surface area (Å²) < 4.78 is 1.91. The van der Waals surface area contributed by atoms with E-state index in [0.29, 0.717) is 0 Å². The highest BCUT2D eigenvalue weighted by Gasteiger charge is 2.31. The monoisotopic (exact) mass is 268 g/mol. The van der Waals surface area contributed by atoms with Gasteiger partial charge in [0.1, 0.15) is 6.04 Å². The van der Waals surface area contributed by atoms with Crippen molar-refractivity contribution in [3.63, 3.8) is 0 Å². The molecule has 104 valence electrons. The van der Waals surface area contributed by atoms with Crippen molar-refractivity contribution in [2.75, 3.05) is 13.1 Å². The smallest absolute Gasteiger partial charge is 0.200 e. The van der Waals surface area contributed by atoms with Gasteiger partial charge in [-0.1, -0.05) is 30.3 Å². The van der Waals surface area contributed by atoms with Gasteiger partial charge in [0.2, 0.25) is 5.78 Å². The van der Waals surface area contributed by atoms with Crippen LogP contribution in [0.5, 0.6) is 0 Å². The molecule has 3 heteroatoms. The minimum Gasteiger partial charge on any atom is -0.348 e. The molecule has 3 nitrogen and oxygen atoms in total. The van der Waals surface area contributed by atoms with E-state index < -0.39 is 0 Å². The Morgan fingerprint density at radius 1 is 1.05 bits per heavy atom. The van der Waals surface area contributed by atoms with E-state index in [4.69, 9.17) is 0 Å². The van der Waals surface area contributed by atoms with E-state index in [2.05, 4.69) is 17.0 Å². The van der Waals surface area contributed by atoms with E-state index in [1.54, 1.807) is 0 Å². The third-order valence-corrected chi connectivity index (χ3v) is 4.07. The molecule has 3 rings (SSSR count). The number of nitrogens with zero attached hydrogens (tertiary/aromatic N) is 2. The second-order valence-corrected chi connectivity index (χ2v) is 5.42. The van der Waals surface area contributed by atoms with Crippen molar-refractivity contribution in [1.29, 1.82) is 0 Å². The van der Waals surface area contributed by atoms with Gasteiger partial charge in [-0.15, -0.1) is 0 Å². The van der Waals surface area contributed by atoms with Crippen molar-refractivity contribution in [3.8, 4) is 0 Å². The first kappa shape index (κ1) is 13.1. The number of carbonyl (C=O) groups excluding carboxylic acids is 1. The quantitative estimate of drug-likeness (QED) is 0.796. The molecule has 0 radical (unpaired) electrons. The number of ketones is 1. The summed E-state index contributed by atoms with van der Waals surface area (Å²) in [5.41, 5.74) is 1.88. The zero-order valence-electron chi connectivity index (χ0n) is 11.8. The number of Topliss-reactive ketones (excluding diaryl/α,β-unsaturated/α-hetero) is 1. The van der Waals surface area contributed by atoms with Crippen LogP contribution in [0.4, 0.5) is 0 Å². The van der Waals surface area contributed by atoms with Crippen LogP contribution in [-0.2, 0) is 7.05 Å². The molecule has 1 fully saturated rings. The minimum atomic E-state index is -0.146. The summed E-state index contributed by atoms with van der Waals surface area (Å²) in [6.45, 7) is 2.02. The zero-order valence-corrected chi connectivity index (χ0v) is 11.8. The summed E-state index contributed by atoms with van der Waals surface area (Å²) in [4.78, 5) is 15.3. The third-order valence-electron chi connectivity index (χ3n) is 4.07. The molecule has 1 aliphatic heterocycles. The van der Waals surface area contributed by atoms with Crippen molar-refractivity contribution < 1.29 is 4.79 Å². The number of rotatable bonds is 4. The maximum Gasteiger partial charge on any atom is 0.200 e. The first-order chi connectivity index (χ1) is 9.77. The summed E-state index contributed by atoms with van der Waals surface area (Å²) >= 11 is 0. The van der Waals surface area contributed by atoms with Gasteiger partial charge in [-0.05, 0) is 43.6 Å². The molecule has 0 spiro atoms. The van der Waals surface area contributed by atoms with Crippen molar-refractivity contribution in [2.24, 2.45) is 7.05 Å². The van der Waals surface area contributed by atoms with Crippen LogP contribution in [0.2, 0.25) is 0 Å². The first-order valence-corrected chi connectivity index (χ1v) is 7.22. The Labute approximate surface area is 119 Å². The highest BCUT2D eigenvalue weighted by Crippen LogP contribution is 2.28. The maximum atomic E-state index is 13.0. The van der Waals surface area contributed by atoms with Crippen LogP contribution in [0, 0.1) is 0 Å². The number of hydrogen-bond acceptors (Lipinski definition) is 2. The molecule has 0 N–H and O–H groups in total. The van der Waals surface area contributed by atoms with Gasteiger partial charge in [0.05, 0.1) is 5.69 Å². The number of carbonyl (C=O) groups is 1. The van der Waals surface area contributed by atoms with Crippen LogP contribution in [0.1, 0.15) is 34.9 Å². The number of benzene rings is 1. The van der Waals surface area contributed by atoms with E-state index in [9.17, 15) is 4.79 Å². The Bertz CT molecular complexity index is 582. The highest BCUT2D eigenvalue weighted by molar-refractivity contribution is 5.99. The van der Waals surface area contributed by atoms with Gasteiger partial charge >= 0.3 is 0 Å². The molecule has 1 atom stereocenters. The van der Waals surface area contributed by atoms with Crippen molar-refractivity contribution in [1.82, 2.24) is 9.47 Å². The van der Waals surface area contributed by atoms with Crippen LogP contribution in [-0.4, -0.2) is 28.3 Å². The van der Waals surface area contributed by atoms with E-state index >= 15 is 0 Å². The average Bonchev–Trinajstić information content (AvgIpc) is 3.12. The second-order valence-electron chi connectivity index (χ2n) is 5.42. The molecule has 0 saturated carbocycles. The fraction of sp³-hybridized carbons (Fsp3) is 0.353. The zero-order chi connectivity index (χ0) is 13.9. The number of hydrogen-bond donors (Lipinski definition) is 0. The van der Waals surface area contributed by atoms with Crippen LogP contribution in [0.25, 0.3) is 0 Å². The molecular weight excluding hydrogens is 248 g/mol. The van der Waals surface area contributed by atoms with E-state index in [1.165, 1.54) is 12.8 Å². The normalized spacial score (nSPS) is 17.2. The summed E-state index contributed by atoms with van der Waals surface area (Å²) in [6, 6.07) is 13.8. The molecule has 0 bridgehead atoms. The molecule has 20 heavy (non-hydrogen) atoms. The largest absolute Gasteiger partial charge is 0.348 e. The molecule has 0 unspecified atom stereocenters. The van der Waals surface area contributed by atoms with E-state index in [-0.39, 0.29) is 11.8 Å². The van der Waals surface area contributed by atoms with Crippen LogP contribution < -0.4 is 0 Å². The lowest BCUT2D eigenvalue weighted by Crippen LogP contribution is -2.32. The van der Waals surface area contributed by atoms with Gasteiger partial charge in [-0.2, -0.15) is 0 Å². The fourth-order valence-electron chi connectivity index (χ4n) is 3.02. The van der Waals surface area contributed by atoms with Gasteiger partial charge in [-0.3, -0.25) is 9.69 Å². The van der Waals surface area contributed by atoms with Crippen molar-refractivity contribution in [2.45, 2.75) is 18.9 Å². The van der Waals surface area contributed by atoms with Crippen molar-refractivity contribution >= 4 is 5.78 Å². The molecule has 0 amide bonds. The Morgan fingerprint density at radius 2 is 1.75 bits per heavy atom. The van der Waals surface area contributed by atoms with Gasteiger partial charge < -0.3 is 4.57 Å². The van der Waals surface area contributed by atoms with Gasteiger partial charge in [0, 0.05) is 13.2 Å². The molecule has 1 aromatic carbocycles. The fourth-order valence-corrected chi connectivity index (χ4v) is 3.02. The topological polar surface area (TPSA) is 25.2 Å². The predicted molar refractivity (Wildman–Crippen MR) is 79.7 cm³/mol. The second kappa shape index (κ2) is 5.63. The Balaban J connectivity index is 1.97. The van der Waals surface area contributed by atoms with E-state index in [0.717, 1.165) is 24.3 Å². The van der Waals surface area contributed by atoms with Crippen molar-refractivity contribution in [3.05, 3.63) is 59.9 Å². The van der Waals surface area contributed by atoms with Crippen LogP contribution in [0.3, 0.4) is 0 Å². The lowest BCUT2D eigenvalue weighted by Gasteiger charge is -2.26. The predicted octanol–water partition coefficient (Wildman–Crippen LogP) is 3.04. The number of aryl methyl sites for hydroxylation is 1.